The third kappa shape index (κ3) is 3.11. The van der Waals surface area contributed by atoms with E-state index in [0.29, 0.717) is 18.2 Å². The van der Waals surface area contributed by atoms with Crippen molar-refractivity contribution in [3.05, 3.63) is 0 Å². The van der Waals surface area contributed by atoms with Gasteiger partial charge in [0.15, 0.2) is 0 Å². The Balaban J connectivity index is 2.25. The molecule has 1 aliphatic heterocycles. The minimum absolute atomic E-state index is 0.495. The van der Waals surface area contributed by atoms with Crippen molar-refractivity contribution in [2.24, 2.45) is 0 Å². The van der Waals surface area contributed by atoms with E-state index in [-0.39, 0.29) is 0 Å². The fourth-order valence-corrected chi connectivity index (χ4v) is 1.79. The molecule has 1 N–H and O–H groups in total. The second-order valence-electron chi connectivity index (χ2n) is 3.94. The van der Waals surface area contributed by atoms with Crippen LogP contribution >= 0.6 is 0 Å². The lowest BCUT2D eigenvalue weighted by Gasteiger charge is -2.30. The second kappa shape index (κ2) is 4.83. The maximum absolute atomic E-state index is 5.60. The summed E-state index contributed by atoms with van der Waals surface area (Å²) >= 11 is 0. The minimum Gasteiger partial charge on any atom is -0.378 e. The highest BCUT2D eigenvalue weighted by Crippen LogP contribution is 2.16. The Morgan fingerprint density at radius 2 is 2.25 bits per heavy atom. The fourth-order valence-electron chi connectivity index (χ4n) is 1.79. The first-order valence-electron chi connectivity index (χ1n) is 5.10. The molecule has 0 aromatic rings. The molecule has 0 radical (unpaired) electrons. The van der Waals surface area contributed by atoms with Crippen molar-refractivity contribution in [3.63, 3.8) is 0 Å². The maximum Gasteiger partial charge on any atom is 0.0587 e. The molecule has 1 saturated heterocycles. The first-order chi connectivity index (χ1) is 5.72. The van der Waals surface area contributed by atoms with Gasteiger partial charge >= 0.3 is 0 Å². The summed E-state index contributed by atoms with van der Waals surface area (Å²) in [5.41, 5.74) is 0. The number of ether oxygens (including phenoxy) is 1. The predicted molar refractivity (Wildman–Crippen MR) is 51.3 cm³/mol. The van der Waals surface area contributed by atoms with Gasteiger partial charge in [-0.2, -0.15) is 0 Å². The van der Waals surface area contributed by atoms with Gasteiger partial charge in [-0.25, -0.2) is 0 Å². The van der Waals surface area contributed by atoms with Crippen LogP contribution in [-0.4, -0.2) is 24.8 Å². The molecule has 0 saturated carbocycles. The van der Waals surface area contributed by atoms with Crippen molar-refractivity contribution in [1.82, 2.24) is 5.32 Å². The summed E-state index contributed by atoms with van der Waals surface area (Å²) in [6.07, 6.45) is 4.01. The molecule has 2 unspecified atom stereocenters. The molecule has 1 fully saturated rings. The van der Waals surface area contributed by atoms with Crippen LogP contribution in [0.2, 0.25) is 0 Å². The highest BCUT2D eigenvalue weighted by Gasteiger charge is 2.20. The molecule has 0 aliphatic carbocycles. The average Bonchev–Trinajstić information content (AvgIpc) is 2.03. The van der Waals surface area contributed by atoms with Crippen LogP contribution in [0.3, 0.4) is 0 Å². The number of rotatable bonds is 3. The normalized spacial score (nSPS) is 31.0. The Hall–Kier alpha value is -0.0800. The zero-order valence-corrected chi connectivity index (χ0v) is 8.47. The van der Waals surface area contributed by atoms with Gasteiger partial charge in [0.1, 0.15) is 0 Å². The summed E-state index contributed by atoms with van der Waals surface area (Å²) in [6.45, 7) is 7.54. The number of hydrogen-bond acceptors (Lipinski definition) is 2. The van der Waals surface area contributed by atoms with Gasteiger partial charge in [-0.05, 0) is 19.3 Å². The largest absolute Gasteiger partial charge is 0.378 e. The van der Waals surface area contributed by atoms with Crippen LogP contribution in [0.5, 0.6) is 0 Å². The molecule has 0 aromatic heterocycles. The van der Waals surface area contributed by atoms with Crippen LogP contribution in [0.1, 0.15) is 40.0 Å². The Labute approximate surface area is 75.7 Å². The van der Waals surface area contributed by atoms with E-state index < -0.39 is 0 Å². The van der Waals surface area contributed by atoms with Crippen LogP contribution in [0, 0.1) is 0 Å². The van der Waals surface area contributed by atoms with Crippen LogP contribution in [-0.2, 0) is 4.74 Å². The summed E-state index contributed by atoms with van der Waals surface area (Å²) in [6, 6.07) is 1.29. The zero-order valence-electron chi connectivity index (χ0n) is 8.47. The first-order valence-corrected chi connectivity index (χ1v) is 5.10. The molecule has 1 heterocycles. The van der Waals surface area contributed by atoms with Crippen molar-refractivity contribution >= 4 is 0 Å². The van der Waals surface area contributed by atoms with Crippen molar-refractivity contribution in [1.29, 1.82) is 0 Å². The van der Waals surface area contributed by atoms with Crippen LogP contribution in [0.15, 0.2) is 0 Å². The van der Waals surface area contributed by atoms with Crippen LogP contribution in [0.25, 0.3) is 0 Å². The quantitative estimate of drug-likeness (QED) is 0.700. The van der Waals surface area contributed by atoms with Gasteiger partial charge in [0.25, 0.3) is 0 Å². The topological polar surface area (TPSA) is 21.3 Å². The molecule has 1 rings (SSSR count). The van der Waals surface area contributed by atoms with Gasteiger partial charge in [0, 0.05) is 18.7 Å². The smallest absolute Gasteiger partial charge is 0.0587 e. The monoisotopic (exact) mass is 171 g/mol. The lowest BCUT2D eigenvalue weighted by molar-refractivity contribution is -0.00125. The zero-order chi connectivity index (χ0) is 8.97. The molecule has 0 aromatic carbocycles. The summed E-state index contributed by atoms with van der Waals surface area (Å²) in [7, 11) is 0. The minimum atomic E-state index is 0.495. The van der Waals surface area contributed by atoms with E-state index in [2.05, 4.69) is 26.1 Å². The van der Waals surface area contributed by atoms with E-state index in [4.69, 9.17) is 4.74 Å². The molecule has 1 aliphatic rings. The van der Waals surface area contributed by atoms with Gasteiger partial charge in [0.05, 0.1) is 6.10 Å². The fraction of sp³-hybridized carbons (Fsp3) is 1.00. The van der Waals surface area contributed by atoms with E-state index in [0.717, 1.165) is 13.0 Å². The molecule has 2 atom stereocenters. The Morgan fingerprint density at radius 1 is 1.50 bits per heavy atom. The van der Waals surface area contributed by atoms with Crippen LogP contribution < -0.4 is 5.32 Å². The van der Waals surface area contributed by atoms with E-state index in [1.54, 1.807) is 0 Å². The third-order valence-electron chi connectivity index (χ3n) is 2.39. The number of nitrogens with one attached hydrogen (secondary N) is 1. The van der Waals surface area contributed by atoms with Crippen molar-refractivity contribution in [3.8, 4) is 0 Å². The van der Waals surface area contributed by atoms with Gasteiger partial charge < -0.3 is 10.1 Å². The lowest BCUT2D eigenvalue weighted by atomic mass is 10.0. The molecular formula is C10H21NO. The average molecular weight is 171 g/mol. The standard InChI is InChI=1S/C10H21NO/c1-4-10-7-9(5-6-12-10)11-8(2)3/h8-11H,4-7H2,1-3H3. The van der Waals surface area contributed by atoms with Gasteiger partial charge in [-0.15, -0.1) is 0 Å². The second-order valence-corrected chi connectivity index (χ2v) is 3.94. The van der Waals surface area contributed by atoms with E-state index in [9.17, 15) is 0 Å². The summed E-state index contributed by atoms with van der Waals surface area (Å²) in [4.78, 5) is 0. The molecule has 2 nitrogen and oxygen atoms in total. The van der Waals surface area contributed by atoms with Crippen molar-refractivity contribution < 1.29 is 4.74 Å². The molecule has 12 heavy (non-hydrogen) atoms. The van der Waals surface area contributed by atoms with E-state index in [1.807, 2.05) is 0 Å². The van der Waals surface area contributed by atoms with Crippen LogP contribution in [0.4, 0.5) is 0 Å². The molecule has 0 amide bonds. The highest BCUT2D eigenvalue weighted by atomic mass is 16.5. The van der Waals surface area contributed by atoms with E-state index in [1.165, 1.54) is 12.8 Å². The molecule has 0 spiro atoms. The third-order valence-corrected chi connectivity index (χ3v) is 2.39. The first kappa shape index (κ1) is 10.0. The SMILES string of the molecule is CCC1CC(NC(C)C)CCO1. The summed E-state index contributed by atoms with van der Waals surface area (Å²) in [5.74, 6) is 0. The van der Waals surface area contributed by atoms with Gasteiger partial charge in [0.2, 0.25) is 0 Å². The molecule has 0 bridgehead atoms. The lowest BCUT2D eigenvalue weighted by Crippen LogP contribution is -2.41. The van der Waals surface area contributed by atoms with Gasteiger partial charge in [-0.3, -0.25) is 0 Å². The maximum atomic E-state index is 5.60. The predicted octanol–water partition coefficient (Wildman–Crippen LogP) is 1.94. The Morgan fingerprint density at radius 3 is 2.83 bits per heavy atom. The van der Waals surface area contributed by atoms with Gasteiger partial charge in [-0.1, -0.05) is 20.8 Å². The Kier molecular flexibility index (Phi) is 4.02. The summed E-state index contributed by atoms with van der Waals surface area (Å²) < 4.78 is 5.60. The van der Waals surface area contributed by atoms with Crippen molar-refractivity contribution in [2.45, 2.75) is 58.2 Å². The van der Waals surface area contributed by atoms with E-state index >= 15 is 0 Å². The summed E-state index contributed by atoms with van der Waals surface area (Å²) in [5, 5.41) is 3.57. The Bertz CT molecular complexity index is 125. The molecular weight excluding hydrogens is 150 g/mol. The molecule has 72 valence electrons. The highest BCUT2D eigenvalue weighted by molar-refractivity contribution is 4.77. The van der Waals surface area contributed by atoms with Crippen molar-refractivity contribution in [2.75, 3.05) is 6.61 Å². The number of hydrogen-bond donors (Lipinski definition) is 1. The molecule has 2 heteroatoms.